The van der Waals surface area contributed by atoms with E-state index in [4.69, 9.17) is 0 Å². The van der Waals surface area contributed by atoms with Crippen LogP contribution in [0, 0.1) is 17.8 Å². The van der Waals surface area contributed by atoms with Crippen molar-refractivity contribution < 1.29 is 9.59 Å². The first kappa shape index (κ1) is 18.3. The summed E-state index contributed by atoms with van der Waals surface area (Å²) in [6, 6.07) is 10.4. The molecule has 0 spiro atoms. The molecular formula is C23H30N2O2. The van der Waals surface area contributed by atoms with Gasteiger partial charge in [0.2, 0.25) is 11.8 Å². The first-order valence-corrected chi connectivity index (χ1v) is 10.5. The van der Waals surface area contributed by atoms with Gasteiger partial charge in [0.25, 0.3) is 0 Å². The van der Waals surface area contributed by atoms with Crippen LogP contribution in [-0.2, 0) is 16.1 Å². The highest BCUT2D eigenvalue weighted by Crippen LogP contribution is 2.38. The predicted octanol–water partition coefficient (Wildman–Crippen LogP) is 3.68. The normalized spacial score (nSPS) is 28.7. The van der Waals surface area contributed by atoms with Crippen LogP contribution >= 0.6 is 0 Å². The highest BCUT2D eigenvalue weighted by molar-refractivity contribution is 5.89. The Morgan fingerprint density at radius 1 is 1.07 bits per heavy atom. The Morgan fingerprint density at radius 3 is 2.63 bits per heavy atom. The smallest absolute Gasteiger partial charge is 0.227 e. The van der Waals surface area contributed by atoms with Crippen LogP contribution in [0.1, 0.15) is 50.5 Å². The van der Waals surface area contributed by atoms with Crippen molar-refractivity contribution in [3.05, 3.63) is 48.0 Å². The molecule has 1 aliphatic heterocycles. The van der Waals surface area contributed by atoms with Crippen molar-refractivity contribution in [3.8, 4) is 0 Å². The number of nitrogens with zero attached hydrogens (tertiary/aromatic N) is 1. The van der Waals surface area contributed by atoms with Gasteiger partial charge in [-0.05, 0) is 37.2 Å². The fourth-order valence-electron chi connectivity index (χ4n) is 5.01. The summed E-state index contributed by atoms with van der Waals surface area (Å²) in [4.78, 5) is 28.3. The molecule has 0 radical (unpaired) electrons. The van der Waals surface area contributed by atoms with Crippen molar-refractivity contribution in [2.45, 2.75) is 57.5 Å². The molecule has 2 unspecified atom stereocenters. The number of fused-ring (bicyclic) bond motifs is 1. The number of hydrogen-bond acceptors (Lipinski definition) is 2. The van der Waals surface area contributed by atoms with Gasteiger partial charge in [-0.1, -0.05) is 61.7 Å². The van der Waals surface area contributed by atoms with Crippen LogP contribution in [0.2, 0.25) is 0 Å². The Balaban J connectivity index is 1.46. The van der Waals surface area contributed by atoms with E-state index in [9.17, 15) is 9.59 Å². The maximum Gasteiger partial charge on any atom is 0.227 e. The van der Waals surface area contributed by atoms with Gasteiger partial charge in [0.1, 0.15) is 0 Å². The van der Waals surface area contributed by atoms with Gasteiger partial charge < -0.3 is 10.2 Å². The van der Waals surface area contributed by atoms with Crippen molar-refractivity contribution in [2.75, 3.05) is 6.54 Å². The minimum Gasteiger partial charge on any atom is -0.353 e. The van der Waals surface area contributed by atoms with Crippen LogP contribution in [0.4, 0.5) is 0 Å². The van der Waals surface area contributed by atoms with Gasteiger partial charge in [0.15, 0.2) is 0 Å². The number of piperidine rings is 1. The maximum atomic E-state index is 13.3. The van der Waals surface area contributed by atoms with E-state index in [1.165, 1.54) is 19.3 Å². The van der Waals surface area contributed by atoms with Gasteiger partial charge >= 0.3 is 0 Å². The Kier molecular flexibility index (Phi) is 5.61. The lowest BCUT2D eigenvalue weighted by molar-refractivity contribution is -0.148. The number of carbonyl (C=O) groups excluding carboxylic acids is 2. The van der Waals surface area contributed by atoms with Crippen LogP contribution in [0.3, 0.4) is 0 Å². The van der Waals surface area contributed by atoms with Gasteiger partial charge in [-0.15, -0.1) is 0 Å². The molecule has 144 valence electrons. The molecule has 3 atom stereocenters. The largest absolute Gasteiger partial charge is 0.353 e. The Bertz CT molecular complexity index is 694. The summed E-state index contributed by atoms with van der Waals surface area (Å²) in [6.45, 7) is 1.42. The summed E-state index contributed by atoms with van der Waals surface area (Å²) >= 11 is 0. The lowest BCUT2D eigenvalue weighted by Crippen LogP contribution is -2.52. The Hall–Kier alpha value is -2.10. The zero-order valence-corrected chi connectivity index (χ0v) is 16.0. The highest BCUT2D eigenvalue weighted by atomic mass is 16.2. The summed E-state index contributed by atoms with van der Waals surface area (Å²) in [6.07, 6.45) is 11.8. The topological polar surface area (TPSA) is 49.4 Å². The van der Waals surface area contributed by atoms with Crippen LogP contribution in [0.15, 0.2) is 42.5 Å². The van der Waals surface area contributed by atoms with Crippen molar-refractivity contribution in [1.82, 2.24) is 10.2 Å². The number of benzene rings is 1. The third-order valence-electron chi connectivity index (χ3n) is 6.50. The fourth-order valence-corrected chi connectivity index (χ4v) is 5.01. The quantitative estimate of drug-likeness (QED) is 0.827. The predicted molar refractivity (Wildman–Crippen MR) is 106 cm³/mol. The molecule has 27 heavy (non-hydrogen) atoms. The second-order valence-electron chi connectivity index (χ2n) is 8.34. The summed E-state index contributed by atoms with van der Waals surface area (Å²) in [7, 11) is 0. The molecule has 1 aromatic rings. The second kappa shape index (κ2) is 8.28. The molecule has 4 rings (SSSR count). The molecule has 4 nitrogen and oxygen atoms in total. The van der Waals surface area contributed by atoms with Gasteiger partial charge in [0, 0.05) is 19.1 Å². The average molecular weight is 367 g/mol. The molecule has 1 N–H and O–H groups in total. The number of rotatable bonds is 4. The van der Waals surface area contributed by atoms with Crippen molar-refractivity contribution in [3.63, 3.8) is 0 Å². The lowest BCUT2D eigenvalue weighted by Gasteiger charge is -2.42. The molecule has 2 aliphatic carbocycles. The van der Waals surface area contributed by atoms with Gasteiger partial charge in [-0.25, -0.2) is 0 Å². The van der Waals surface area contributed by atoms with Gasteiger partial charge in [-0.3, -0.25) is 9.59 Å². The number of nitrogens with one attached hydrogen (secondary N) is 1. The number of hydrogen-bond donors (Lipinski definition) is 1. The molecule has 2 amide bonds. The monoisotopic (exact) mass is 366 g/mol. The molecule has 0 aromatic heterocycles. The van der Waals surface area contributed by atoms with Gasteiger partial charge in [-0.2, -0.15) is 0 Å². The van der Waals surface area contributed by atoms with E-state index >= 15 is 0 Å². The number of carbonyl (C=O) groups is 2. The first-order chi connectivity index (χ1) is 13.2. The minimum atomic E-state index is -0.215. The summed E-state index contributed by atoms with van der Waals surface area (Å²) in [5.41, 5.74) is 1.15. The van der Waals surface area contributed by atoms with E-state index in [0.29, 0.717) is 19.0 Å². The average Bonchev–Trinajstić information content (AvgIpc) is 2.71. The highest BCUT2D eigenvalue weighted by Gasteiger charge is 2.44. The Labute approximate surface area is 162 Å². The zero-order chi connectivity index (χ0) is 18.6. The molecular weight excluding hydrogens is 336 g/mol. The second-order valence-corrected chi connectivity index (χ2v) is 8.34. The van der Waals surface area contributed by atoms with Crippen LogP contribution in [0.5, 0.6) is 0 Å². The molecule has 0 bridgehead atoms. The van der Waals surface area contributed by atoms with E-state index in [1.807, 2.05) is 23.1 Å². The van der Waals surface area contributed by atoms with Gasteiger partial charge in [0.05, 0.1) is 11.8 Å². The minimum absolute atomic E-state index is 0.0937. The van der Waals surface area contributed by atoms with E-state index in [2.05, 4.69) is 29.6 Å². The maximum absolute atomic E-state index is 13.3. The molecule has 1 saturated heterocycles. The molecule has 1 aromatic carbocycles. The zero-order valence-electron chi connectivity index (χ0n) is 16.0. The van der Waals surface area contributed by atoms with E-state index in [1.54, 1.807) is 0 Å². The molecule has 4 heteroatoms. The third-order valence-corrected chi connectivity index (χ3v) is 6.50. The van der Waals surface area contributed by atoms with Crippen LogP contribution in [0.25, 0.3) is 0 Å². The Morgan fingerprint density at radius 2 is 1.85 bits per heavy atom. The lowest BCUT2D eigenvalue weighted by atomic mass is 9.71. The van der Waals surface area contributed by atoms with Crippen molar-refractivity contribution in [2.24, 2.45) is 17.8 Å². The summed E-state index contributed by atoms with van der Waals surface area (Å²) < 4.78 is 0. The summed E-state index contributed by atoms with van der Waals surface area (Å²) in [5.74, 6) is 0.0452. The first-order valence-electron chi connectivity index (χ1n) is 10.5. The summed E-state index contributed by atoms with van der Waals surface area (Å²) in [5, 5.41) is 3.26. The third kappa shape index (κ3) is 4.10. The van der Waals surface area contributed by atoms with E-state index in [-0.39, 0.29) is 29.6 Å². The molecule has 2 fully saturated rings. The number of likely N-dealkylation sites (tertiary alicyclic amines) is 1. The molecule has 3 aliphatic rings. The standard InChI is InChI=1S/C23H30N2O2/c26-22(24-19-11-5-2-6-12-19)20-13-7-10-18-14-15-25(23(27)21(18)20)16-17-8-3-1-4-9-17/h1,3-4,7-10,18-21H,2,5-6,11-16H2,(H,24,26)/t18?,20-,21?/m1/s1. The molecule has 1 heterocycles. The SMILES string of the molecule is O=C(NC1CCCCC1)[C@@H]1CC=CC2CCN(Cc3ccccc3)C(=O)C21. The van der Waals surface area contributed by atoms with E-state index < -0.39 is 0 Å². The fraction of sp³-hybridized carbons (Fsp3) is 0.565. The van der Waals surface area contributed by atoms with E-state index in [0.717, 1.165) is 31.4 Å². The van der Waals surface area contributed by atoms with Crippen molar-refractivity contribution >= 4 is 11.8 Å². The molecule has 1 saturated carbocycles. The van der Waals surface area contributed by atoms with Crippen molar-refractivity contribution in [1.29, 1.82) is 0 Å². The number of amides is 2. The van der Waals surface area contributed by atoms with Crippen LogP contribution < -0.4 is 5.32 Å². The van der Waals surface area contributed by atoms with Crippen LogP contribution in [-0.4, -0.2) is 29.3 Å². The number of allylic oxidation sites excluding steroid dienone is 2.